The van der Waals surface area contributed by atoms with Gasteiger partial charge in [-0.05, 0) is 42.3 Å². The predicted molar refractivity (Wildman–Crippen MR) is 102 cm³/mol. The number of hydrogen-bond donors (Lipinski definition) is 1. The zero-order valence-corrected chi connectivity index (χ0v) is 16.5. The number of halogens is 4. The minimum absolute atomic E-state index is 0.0401. The predicted octanol–water partition coefficient (Wildman–Crippen LogP) is 3.41. The lowest BCUT2D eigenvalue weighted by atomic mass is 10.1. The van der Waals surface area contributed by atoms with E-state index >= 15 is 0 Å². The van der Waals surface area contributed by atoms with Gasteiger partial charge in [-0.25, -0.2) is 9.07 Å². The Hall–Kier alpha value is -3.63. The van der Waals surface area contributed by atoms with Crippen LogP contribution in [0.25, 0.3) is 5.69 Å². The molecule has 0 saturated carbocycles. The maximum atomic E-state index is 13.6. The monoisotopic (exact) mass is 438 g/mol. The molecule has 0 radical (unpaired) electrons. The lowest BCUT2D eigenvalue weighted by molar-refractivity contribution is -0.143. The van der Waals surface area contributed by atoms with Crippen LogP contribution in [0.2, 0.25) is 0 Å². The molecule has 0 atom stereocenters. The minimum Gasteiger partial charge on any atom is -0.493 e. The van der Waals surface area contributed by atoms with Crippen LogP contribution in [0.3, 0.4) is 0 Å². The smallest absolute Gasteiger partial charge is 0.435 e. The standard InChI is InChI=1S/C20H18F4N4O3/c1-30-15-7-6-12(10-16(15)31-2)8-9-25-19(29)17-18(20(22,23)24)28(27-26-17)14-5-3-4-13(21)11-14/h3-7,10-11H,8-9H2,1-2H3,(H,25,29). The van der Waals surface area contributed by atoms with Gasteiger partial charge >= 0.3 is 6.18 Å². The maximum Gasteiger partial charge on any atom is 0.435 e. The molecule has 0 bridgehead atoms. The molecule has 0 aliphatic carbocycles. The van der Waals surface area contributed by atoms with Crippen LogP contribution in [0.4, 0.5) is 17.6 Å². The van der Waals surface area contributed by atoms with Crippen LogP contribution >= 0.6 is 0 Å². The number of aromatic nitrogens is 3. The summed E-state index contributed by atoms with van der Waals surface area (Å²) in [5.41, 5.74) is -1.72. The van der Waals surface area contributed by atoms with Crippen molar-refractivity contribution in [2.24, 2.45) is 0 Å². The Labute approximate surface area is 174 Å². The third-order valence-electron chi connectivity index (χ3n) is 4.35. The van der Waals surface area contributed by atoms with E-state index in [1.165, 1.54) is 26.4 Å². The first-order chi connectivity index (χ1) is 14.7. The topological polar surface area (TPSA) is 78.3 Å². The summed E-state index contributed by atoms with van der Waals surface area (Å²) in [7, 11) is 2.97. The summed E-state index contributed by atoms with van der Waals surface area (Å²) >= 11 is 0. The highest BCUT2D eigenvalue weighted by atomic mass is 19.4. The highest BCUT2D eigenvalue weighted by molar-refractivity contribution is 5.93. The normalized spacial score (nSPS) is 11.3. The van der Waals surface area contributed by atoms with Crippen LogP contribution in [0.15, 0.2) is 42.5 Å². The van der Waals surface area contributed by atoms with E-state index < -0.39 is 29.3 Å². The van der Waals surface area contributed by atoms with E-state index in [0.717, 1.165) is 17.7 Å². The van der Waals surface area contributed by atoms with Crippen molar-refractivity contribution < 1.29 is 31.8 Å². The first kappa shape index (κ1) is 22.1. The lowest BCUT2D eigenvalue weighted by Gasteiger charge is -2.12. The molecule has 0 unspecified atom stereocenters. The molecule has 0 aliphatic rings. The summed E-state index contributed by atoms with van der Waals surface area (Å²) in [5, 5.41) is 9.20. The van der Waals surface area contributed by atoms with E-state index in [2.05, 4.69) is 15.6 Å². The summed E-state index contributed by atoms with van der Waals surface area (Å²) in [6.45, 7) is 0.0401. The van der Waals surface area contributed by atoms with Gasteiger partial charge in [-0.2, -0.15) is 13.2 Å². The SMILES string of the molecule is COc1ccc(CCNC(=O)c2nnn(-c3cccc(F)c3)c2C(F)(F)F)cc1OC. The van der Waals surface area contributed by atoms with Gasteiger partial charge < -0.3 is 14.8 Å². The summed E-state index contributed by atoms with van der Waals surface area (Å²) < 4.78 is 65.1. The average Bonchev–Trinajstić information content (AvgIpc) is 3.19. The molecule has 3 aromatic rings. The molecule has 0 spiro atoms. The second-order valence-corrected chi connectivity index (χ2v) is 6.37. The highest BCUT2D eigenvalue weighted by Gasteiger charge is 2.42. The largest absolute Gasteiger partial charge is 0.493 e. The van der Waals surface area contributed by atoms with Gasteiger partial charge in [0.25, 0.3) is 5.91 Å². The minimum atomic E-state index is -4.94. The molecule has 7 nitrogen and oxygen atoms in total. The van der Waals surface area contributed by atoms with Gasteiger partial charge in [0.15, 0.2) is 22.9 Å². The number of carbonyl (C=O) groups excluding carboxylic acids is 1. The fourth-order valence-corrected chi connectivity index (χ4v) is 2.92. The van der Waals surface area contributed by atoms with Gasteiger partial charge in [-0.1, -0.05) is 17.3 Å². The van der Waals surface area contributed by atoms with Crippen LogP contribution < -0.4 is 14.8 Å². The summed E-state index contributed by atoms with van der Waals surface area (Å²) in [4.78, 5) is 12.4. The van der Waals surface area contributed by atoms with E-state index in [4.69, 9.17) is 9.47 Å². The van der Waals surface area contributed by atoms with Gasteiger partial charge in [0.1, 0.15) is 5.82 Å². The number of benzene rings is 2. The second-order valence-electron chi connectivity index (χ2n) is 6.37. The number of methoxy groups -OCH3 is 2. The molecule has 31 heavy (non-hydrogen) atoms. The number of amides is 1. The number of rotatable bonds is 7. The fourth-order valence-electron chi connectivity index (χ4n) is 2.92. The van der Waals surface area contributed by atoms with Crippen LogP contribution in [-0.2, 0) is 12.6 Å². The average molecular weight is 438 g/mol. The first-order valence-corrected chi connectivity index (χ1v) is 9.02. The molecule has 0 fully saturated rings. The number of alkyl halides is 3. The quantitative estimate of drug-likeness (QED) is 0.572. The molecular weight excluding hydrogens is 420 g/mol. The molecule has 1 heterocycles. The molecule has 3 rings (SSSR count). The Bertz CT molecular complexity index is 1080. The zero-order chi connectivity index (χ0) is 22.6. The van der Waals surface area contributed by atoms with Crippen molar-refractivity contribution in [2.75, 3.05) is 20.8 Å². The Morgan fingerprint density at radius 2 is 1.84 bits per heavy atom. The molecule has 1 N–H and O–H groups in total. The molecular formula is C20H18F4N4O3. The summed E-state index contributed by atoms with van der Waals surface area (Å²) in [6, 6.07) is 9.53. The van der Waals surface area contributed by atoms with Crippen molar-refractivity contribution in [3.63, 3.8) is 0 Å². The van der Waals surface area contributed by atoms with E-state index in [0.29, 0.717) is 22.6 Å². The van der Waals surface area contributed by atoms with Gasteiger partial charge in [0.2, 0.25) is 0 Å². The molecule has 0 aliphatic heterocycles. The third kappa shape index (κ3) is 4.93. The Balaban J connectivity index is 1.78. The van der Waals surface area contributed by atoms with Crippen molar-refractivity contribution in [2.45, 2.75) is 12.6 Å². The van der Waals surface area contributed by atoms with Crippen LogP contribution in [0.5, 0.6) is 11.5 Å². The van der Waals surface area contributed by atoms with Gasteiger partial charge in [0.05, 0.1) is 19.9 Å². The van der Waals surface area contributed by atoms with Gasteiger partial charge in [0, 0.05) is 6.54 Å². The van der Waals surface area contributed by atoms with Crippen molar-refractivity contribution in [3.8, 4) is 17.2 Å². The van der Waals surface area contributed by atoms with E-state index in [1.807, 2.05) is 0 Å². The molecule has 1 amide bonds. The first-order valence-electron chi connectivity index (χ1n) is 9.02. The van der Waals surface area contributed by atoms with Crippen molar-refractivity contribution in [1.29, 1.82) is 0 Å². The second kappa shape index (κ2) is 9.02. The number of nitrogens with one attached hydrogen (secondary N) is 1. The maximum absolute atomic E-state index is 13.6. The van der Waals surface area contributed by atoms with Crippen LogP contribution in [0, 0.1) is 5.82 Å². The molecule has 2 aromatic carbocycles. The van der Waals surface area contributed by atoms with Crippen molar-refractivity contribution in [1.82, 2.24) is 20.3 Å². The highest BCUT2D eigenvalue weighted by Crippen LogP contribution is 2.33. The zero-order valence-electron chi connectivity index (χ0n) is 16.5. The molecule has 11 heteroatoms. The number of hydrogen-bond acceptors (Lipinski definition) is 5. The number of ether oxygens (including phenoxy) is 2. The number of carbonyl (C=O) groups is 1. The number of nitrogens with zero attached hydrogens (tertiary/aromatic N) is 3. The summed E-state index contributed by atoms with van der Waals surface area (Å²) in [5.74, 6) is -0.778. The molecule has 0 saturated heterocycles. The Morgan fingerprint density at radius 1 is 1.10 bits per heavy atom. The fraction of sp³-hybridized carbons (Fsp3) is 0.250. The van der Waals surface area contributed by atoms with Crippen molar-refractivity contribution >= 4 is 5.91 Å². The van der Waals surface area contributed by atoms with Gasteiger partial charge in [-0.3, -0.25) is 4.79 Å². The van der Waals surface area contributed by atoms with E-state index in [-0.39, 0.29) is 12.2 Å². The van der Waals surface area contributed by atoms with E-state index in [9.17, 15) is 22.4 Å². The Morgan fingerprint density at radius 3 is 2.48 bits per heavy atom. The van der Waals surface area contributed by atoms with Crippen molar-refractivity contribution in [3.05, 3.63) is 65.2 Å². The van der Waals surface area contributed by atoms with Crippen LogP contribution in [0.1, 0.15) is 21.7 Å². The third-order valence-corrected chi connectivity index (χ3v) is 4.35. The van der Waals surface area contributed by atoms with E-state index in [1.54, 1.807) is 18.2 Å². The molecule has 1 aromatic heterocycles. The Kier molecular flexibility index (Phi) is 6.42. The summed E-state index contributed by atoms with van der Waals surface area (Å²) in [6.07, 6.45) is -4.61. The van der Waals surface area contributed by atoms with Crippen LogP contribution in [-0.4, -0.2) is 41.7 Å². The molecule has 164 valence electrons. The lowest BCUT2D eigenvalue weighted by Crippen LogP contribution is -2.29. The van der Waals surface area contributed by atoms with Gasteiger partial charge in [-0.15, -0.1) is 5.10 Å².